The Morgan fingerprint density at radius 1 is 0.897 bits per heavy atom. The molecular weight excluding hydrogens is 492 g/mol. The maximum absolute atomic E-state index is 12.0. The van der Waals surface area contributed by atoms with Gasteiger partial charge in [0.05, 0.1) is 31.2 Å². The van der Waals surface area contributed by atoms with Crippen molar-refractivity contribution < 1.29 is 4.79 Å². The third kappa shape index (κ3) is 4.96. The summed E-state index contributed by atoms with van der Waals surface area (Å²) in [7, 11) is 0. The Labute approximate surface area is 226 Å². The number of nitrogens with zero attached hydrogens (tertiary/aromatic N) is 9. The van der Waals surface area contributed by atoms with Crippen molar-refractivity contribution in [2.45, 2.75) is 25.6 Å². The number of piperazine rings is 1. The summed E-state index contributed by atoms with van der Waals surface area (Å²) in [5, 5.41) is 9.18. The van der Waals surface area contributed by atoms with Gasteiger partial charge in [-0.1, -0.05) is 65.9 Å². The molecule has 1 fully saturated rings. The van der Waals surface area contributed by atoms with Crippen LogP contribution in [0.3, 0.4) is 0 Å². The van der Waals surface area contributed by atoms with Crippen LogP contribution in [0, 0.1) is 0 Å². The monoisotopic (exact) mass is 522 g/mol. The van der Waals surface area contributed by atoms with Gasteiger partial charge in [-0.05, 0) is 11.1 Å². The van der Waals surface area contributed by atoms with Gasteiger partial charge in [-0.2, -0.15) is 0 Å². The van der Waals surface area contributed by atoms with Crippen molar-refractivity contribution in [3.8, 4) is 11.5 Å². The molecule has 11 nitrogen and oxygen atoms in total. The largest absolute Gasteiger partial charge is 0.382 e. The second-order valence-corrected chi connectivity index (χ2v) is 9.75. The first-order valence-corrected chi connectivity index (χ1v) is 13.0. The Hall–Kier alpha value is -4.64. The molecule has 2 atom stereocenters. The maximum atomic E-state index is 12.0. The first kappa shape index (κ1) is 24.7. The summed E-state index contributed by atoms with van der Waals surface area (Å²) in [5.41, 5.74) is 9.62. The van der Waals surface area contributed by atoms with Crippen LogP contribution in [0.15, 0.2) is 79.5 Å². The molecule has 6 rings (SSSR count). The number of carbonyl (C=O) groups excluding carboxylic acids is 1. The van der Waals surface area contributed by atoms with Gasteiger partial charge >= 0.3 is 0 Å². The number of carbonyl (C=O) groups is 1. The smallest absolute Gasteiger partial charge is 0.219 e. The van der Waals surface area contributed by atoms with Crippen LogP contribution in [0.5, 0.6) is 0 Å². The summed E-state index contributed by atoms with van der Waals surface area (Å²) in [4.78, 5) is 29.2. The molecule has 3 aliphatic heterocycles. The summed E-state index contributed by atoms with van der Waals surface area (Å²) in [6.07, 6.45) is 5.13. The van der Waals surface area contributed by atoms with Crippen molar-refractivity contribution in [2.24, 2.45) is 0 Å². The standard InChI is InChI=1S/C28H30N10O/c1-20(39)35-12-14-36(15-13-35)25(21-8-4-2-5-9-21)26(22-10-6-3-7-11-22)38-17-23(33-34-38)16-37-19-32-27(29)24-28(37)31-18-30-24/h2-11,17-19,25-26H,12-16,29H2,1H3/t25-,26+/m0/s1. The van der Waals surface area contributed by atoms with Crippen LogP contribution >= 0.6 is 0 Å². The average molecular weight is 523 g/mol. The van der Waals surface area contributed by atoms with Crippen LogP contribution in [0.2, 0.25) is 0 Å². The van der Waals surface area contributed by atoms with Crippen molar-refractivity contribution in [3.05, 3.63) is 96.3 Å². The van der Waals surface area contributed by atoms with Crippen molar-refractivity contribution in [1.82, 2.24) is 44.3 Å². The second-order valence-electron chi connectivity index (χ2n) is 9.75. The van der Waals surface area contributed by atoms with Gasteiger partial charge in [-0.25, -0.2) is 19.6 Å². The highest BCUT2D eigenvalue weighted by molar-refractivity contribution is 5.73. The van der Waals surface area contributed by atoms with E-state index in [-0.39, 0.29) is 18.0 Å². The van der Waals surface area contributed by atoms with Gasteiger partial charge in [0, 0.05) is 33.1 Å². The van der Waals surface area contributed by atoms with Crippen molar-refractivity contribution in [2.75, 3.05) is 31.9 Å². The summed E-state index contributed by atoms with van der Waals surface area (Å²) in [5.74, 6) is 1.12. The number of amides is 1. The van der Waals surface area contributed by atoms with E-state index in [1.807, 2.05) is 32.5 Å². The summed E-state index contributed by atoms with van der Waals surface area (Å²) in [6.45, 7) is 4.99. The van der Waals surface area contributed by atoms with Crippen LogP contribution in [0.1, 0.15) is 35.8 Å². The van der Waals surface area contributed by atoms with Crippen LogP contribution < -0.4 is 5.73 Å². The number of rotatable bonds is 7. The molecule has 0 saturated carbocycles. The Morgan fingerprint density at radius 3 is 2.23 bits per heavy atom. The molecule has 0 spiro atoms. The number of aromatic nitrogens is 7. The average Bonchev–Trinajstić information content (AvgIpc) is 3.65. The van der Waals surface area contributed by atoms with Gasteiger partial charge < -0.3 is 15.2 Å². The second kappa shape index (κ2) is 10.6. The number of anilines is 1. The van der Waals surface area contributed by atoms with E-state index in [2.05, 4.69) is 78.7 Å². The van der Waals surface area contributed by atoms with E-state index in [0.717, 1.165) is 24.3 Å². The highest BCUT2D eigenvalue weighted by Gasteiger charge is 2.35. The fraction of sp³-hybridized carbons (Fsp3) is 0.286. The highest BCUT2D eigenvalue weighted by atomic mass is 16.2. The number of hydrogen-bond acceptors (Lipinski definition) is 8. The molecule has 11 heteroatoms. The quantitative estimate of drug-likeness (QED) is 0.346. The van der Waals surface area contributed by atoms with Crippen LogP contribution in [-0.4, -0.2) is 76.4 Å². The normalized spacial score (nSPS) is 15.9. The Balaban J connectivity index is 1.37. The van der Waals surface area contributed by atoms with Gasteiger partial charge in [0.25, 0.3) is 0 Å². The third-order valence-electron chi connectivity index (χ3n) is 7.34. The molecule has 1 amide bonds. The zero-order valence-electron chi connectivity index (χ0n) is 21.7. The maximum Gasteiger partial charge on any atom is 0.219 e. The summed E-state index contributed by atoms with van der Waals surface area (Å²) >= 11 is 0. The molecule has 2 N–H and O–H groups in total. The molecule has 0 aliphatic carbocycles. The molecule has 3 aromatic rings. The fourth-order valence-electron chi connectivity index (χ4n) is 5.40. The number of nitrogens with two attached hydrogens (primary N) is 1. The lowest BCUT2D eigenvalue weighted by Gasteiger charge is -2.42. The molecule has 0 unspecified atom stereocenters. The number of benzene rings is 2. The van der Waals surface area contributed by atoms with Crippen molar-refractivity contribution in [1.29, 1.82) is 0 Å². The summed E-state index contributed by atoms with van der Waals surface area (Å²) in [6, 6.07) is 20.7. The Bertz CT molecular complexity index is 1510. The first-order valence-electron chi connectivity index (χ1n) is 13.0. The minimum Gasteiger partial charge on any atom is -0.382 e. The number of nitrogen functional groups attached to an aromatic ring is 1. The lowest BCUT2D eigenvalue weighted by molar-refractivity contribution is -0.131. The lowest BCUT2D eigenvalue weighted by Crippen LogP contribution is -2.50. The number of imidazole rings is 1. The van der Waals surface area contributed by atoms with E-state index in [4.69, 9.17) is 5.73 Å². The van der Waals surface area contributed by atoms with Gasteiger partial charge in [-0.3, -0.25) is 9.69 Å². The van der Waals surface area contributed by atoms with Gasteiger partial charge in [0.15, 0.2) is 11.6 Å². The van der Waals surface area contributed by atoms with Crippen molar-refractivity contribution >= 4 is 11.7 Å². The molecule has 2 aromatic carbocycles. The minimum absolute atomic E-state index is 0.0178. The third-order valence-corrected chi connectivity index (χ3v) is 7.34. The van der Waals surface area contributed by atoms with Crippen LogP contribution in [0.4, 0.5) is 5.82 Å². The molecule has 3 aliphatic rings. The fourth-order valence-corrected chi connectivity index (χ4v) is 5.40. The van der Waals surface area contributed by atoms with E-state index in [1.54, 1.807) is 13.3 Å². The number of hydrogen-bond donors (Lipinski definition) is 1. The molecular formula is C28H30N10O. The number of fused-ring (bicyclic) bond motifs is 1. The Morgan fingerprint density at radius 2 is 1.56 bits per heavy atom. The van der Waals surface area contributed by atoms with Gasteiger partial charge in [0.1, 0.15) is 17.7 Å². The minimum atomic E-state index is -0.146. The molecule has 4 heterocycles. The van der Waals surface area contributed by atoms with E-state index >= 15 is 0 Å². The molecule has 0 bridgehead atoms. The van der Waals surface area contributed by atoms with E-state index in [9.17, 15) is 4.79 Å². The zero-order chi connectivity index (χ0) is 26.8. The molecule has 1 aromatic heterocycles. The predicted octanol–water partition coefficient (Wildman–Crippen LogP) is 2.49. The predicted molar refractivity (Wildman–Crippen MR) is 146 cm³/mol. The molecule has 39 heavy (non-hydrogen) atoms. The first-order chi connectivity index (χ1) is 19.1. The topological polar surface area (TPSA) is 124 Å². The van der Waals surface area contributed by atoms with E-state index in [1.165, 1.54) is 11.9 Å². The molecule has 1 saturated heterocycles. The Kier molecular flexibility index (Phi) is 6.72. The van der Waals surface area contributed by atoms with Gasteiger partial charge in [-0.15, -0.1) is 5.10 Å². The summed E-state index contributed by atoms with van der Waals surface area (Å²) < 4.78 is 3.83. The zero-order valence-corrected chi connectivity index (χ0v) is 21.7. The molecule has 0 radical (unpaired) electrons. The van der Waals surface area contributed by atoms with E-state index < -0.39 is 0 Å². The van der Waals surface area contributed by atoms with Gasteiger partial charge in [0.2, 0.25) is 5.91 Å². The SMILES string of the molecule is CC(=O)N1CCN([C@@H](c2ccccc2)[C@@H](c2ccccc2)n2cc(Cn3cnc(N)c4ncnc3-4)nn2)CC1. The van der Waals surface area contributed by atoms with Crippen LogP contribution in [-0.2, 0) is 11.3 Å². The van der Waals surface area contributed by atoms with E-state index in [0.29, 0.717) is 37.0 Å². The lowest BCUT2D eigenvalue weighted by atomic mass is 9.91. The van der Waals surface area contributed by atoms with Crippen LogP contribution in [0.25, 0.3) is 11.5 Å². The highest BCUT2D eigenvalue weighted by Crippen LogP contribution is 2.37. The van der Waals surface area contributed by atoms with Crippen molar-refractivity contribution in [3.63, 3.8) is 0 Å². The molecule has 198 valence electrons.